The van der Waals surface area contributed by atoms with Crippen molar-refractivity contribution < 1.29 is 27.8 Å². The van der Waals surface area contributed by atoms with Gasteiger partial charge in [0.2, 0.25) is 11.7 Å². The average Bonchev–Trinajstić information content (AvgIpc) is 3.75. The number of halogens is 2. The molecule has 1 saturated carbocycles. The van der Waals surface area contributed by atoms with Crippen molar-refractivity contribution in [1.29, 1.82) is 0 Å². The predicted octanol–water partition coefficient (Wildman–Crippen LogP) is 7.63. The number of carbonyl (C=O) groups is 1. The number of nitrogens with zero attached hydrogens (tertiary/aromatic N) is 5. The molecule has 7 rings (SSSR count). The Kier molecular flexibility index (Phi) is 8.68. The number of para-hydroxylation sites is 2. The monoisotopic (exact) mass is 682 g/mol. The van der Waals surface area contributed by atoms with Gasteiger partial charge in [-0.1, -0.05) is 36.0 Å². The van der Waals surface area contributed by atoms with Crippen molar-refractivity contribution in [1.82, 2.24) is 24.3 Å². The number of ether oxygens (including phenoxy) is 3. The first-order valence-corrected chi connectivity index (χ1v) is 16.5. The van der Waals surface area contributed by atoms with Gasteiger partial charge in [-0.25, -0.2) is 13.8 Å². The first-order valence-electron chi connectivity index (χ1n) is 15.5. The minimum atomic E-state index is -0.495. The van der Waals surface area contributed by atoms with E-state index < -0.39 is 5.82 Å². The quantitative estimate of drug-likeness (QED) is 0.139. The number of aryl methyl sites for hydroxylation is 1. The zero-order valence-corrected chi connectivity index (χ0v) is 28.0. The van der Waals surface area contributed by atoms with E-state index in [4.69, 9.17) is 19.2 Å². The largest absolute Gasteiger partial charge is 0.493 e. The van der Waals surface area contributed by atoms with Gasteiger partial charge >= 0.3 is 0 Å². The number of hydrogen-bond donors (Lipinski definition) is 1. The van der Waals surface area contributed by atoms with Crippen LogP contribution in [0.1, 0.15) is 24.4 Å². The molecule has 0 spiro atoms. The molecule has 0 radical (unpaired) electrons. The van der Waals surface area contributed by atoms with Gasteiger partial charge in [0.25, 0.3) is 0 Å². The smallest absolute Gasteiger partial charge is 0.234 e. The Morgan fingerprint density at radius 3 is 2.37 bits per heavy atom. The number of carbonyl (C=O) groups excluding carboxylic acids is 1. The Labute approximate surface area is 285 Å². The SMILES string of the molecule is COc1cc(-c2nnc(SCC(=O)Nc3c(C)cccc3-c3nc4cc(F)ccc4n3C3CC3)n2-c2ccccc2F)cc(OC)c1OC. The fraction of sp³-hybridized carbons (Fsp3) is 0.222. The summed E-state index contributed by atoms with van der Waals surface area (Å²) < 4.78 is 49.7. The van der Waals surface area contributed by atoms with Crippen LogP contribution >= 0.6 is 11.8 Å². The number of fused-ring (bicyclic) bond motifs is 1. The van der Waals surface area contributed by atoms with Gasteiger partial charge in [-0.15, -0.1) is 10.2 Å². The predicted molar refractivity (Wildman–Crippen MR) is 184 cm³/mol. The van der Waals surface area contributed by atoms with Gasteiger partial charge in [-0.05, 0) is 67.8 Å². The van der Waals surface area contributed by atoms with Crippen LogP contribution in [0.15, 0.2) is 78.0 Å². The van der Waals surface area contributed by atoms with E-state index in [1.165, 1.54) is 39.5 Å². The molecule has 2 heterocycles. The van der Waals surface area contributed by atoms with Gasteiger partial charge in [-0.2, -0.15) is 0 Å². The first-order chi connectivity index (χ1) is 23.8. The molecule has 2 aromatic heterocycles. The maximum absolute atomic E-state index is 15.3. The number of rotatable bonds is 11. The number of methoxy groups -OCH3 is 3. The summed E-state index contributed by atoms with van der Waals surface area (Å²) in [6.45, 7) is 1.91. The van der Waals surface area contributed by atoms with Gasteiger partial charge in [0.05, 0.1) is 49.5 Å². The number of hydrogen-bond acceptors (Lipinski definition) is 8. The van der Waals surface area contributed by atoms with Crippen LogP contribution in [-0.2, 0) is 4.79 Å². The lowest BCUT2D eigenvalue weighted by Gasteiger charge is -2.16. The Hall–Kier alpha value is -5.43. The minimum absolute atomic E-state index is 0.0557. The van der Waals surface area contributed by atoms with E-state index >= 15 is 4.39 Å². The second kappa shape index (κ2) is 13.2. The number of imidazole rings is 1. The molecule has 1 amide bonds. The van der Waals surface area contributed by atoms with Crippen molar-refractivity contribution >= 4 is 34.4 Å². The summed E-state index contributed by atoms with van der Waals surface area (Å²) in [5.74, 6) is 0.945. The summed E-state index contributed by atoms with van der Waals surface area (Å²) in [6.07, 6.45) is 2.00. The van der Waals surface area contributed by atoms with Crippen LogP contribution in [0.25, 0.3) is 39.5 Å². The van der Waals surface area contributed by atoms with Crippen LogP contribution in [-0.4, -0.2) is 57.3 Å². The topological polar surface area (TPSA) is 105 Å². The molecule has 10 nitrogen and oxygen atoms in total. The summed E-state index contributed by atoms with van der Waals surface area (Å²) in [7, 11) is 4.51. The second-order valence-corrected chi connectivity index (χ2v) is 12.5. The lowest BCUT2D eigenvalue weighted by atomic mass is 10.1. The van der Waals surface area contributed by atoms with Crippen molar-refractivity contribution in [2.75, 3.05) is 32.4 Å². The molecule has 4 aromatic carbocycles. The van der Waals surface area contributed by atoms with Gasteiger partial charge in [0.15, 0.2) is 22.5 Å². The van der Waals surface area contributed by atoms with Crippen LogP contribution in [0.4, 0.5) is 14.5 Å². The molecule has 0 bridgehead atoms. The fourth-order valence-electron chi connectivity index (χ4n) is 5.90. The second-order valence-electron chi connectivity index (χ2n) is 11.5. The highest BCUT2D eigenvalue weighted by Crippen LogP contribution is 2.44. The van der Waals surface area contributed by atoms with E-state index in [0.717, 1.165) is 41.2 Å². The molecule has 1 aliphatic rings. The van der Waals surface area contributed by atoms with E-state index in [2.05, 4.69) is 20.1 Å². The van der Waals surface area contributed by atoms with Crippen LogP contribution < -0.4 is 19.5 Å². The zero-order valence-electron chi connectivity index (χ0n) is 27.2. The van der Waals surface area contributed by atoms with E-state index in [1.54, 1.807) is 41.0 Å². The minimum Gasteiger partial charge on any atom is -0.493 e. The van der Waals surface area contributed by atoms with Crippen molar-refractivity contribution in [3.63, 3.8) is 0 Å². The number of anilines is 1. The first kappa shape index (κ1) is 32.1. The summed E-state index contributed by atoms with van der Waals surface area (Å²) in [4.78, 5) is 18.4. The Morgan fingerprint density at radius 2 is 1.67 bits per heavy atom. The number of nitrogens with one attached hydrogen (secondary N) is 1. The third-order valence-electron chi connectivity index (χ3n) is 8.32. The maximum atomic E-state index is 15.3. The number of aromatic nitrogens is 5. The van der Waals surface area contributed by atoms with Gasteiger partial charge in [-0.3, -0.25) is 9.36 Å². The molecule has 6 aromatic rings. The van der Waals surface area contributed by atoms with E-state index in [1.807, 2.05) is 25.1 Å². The molecular formula is C36H32F2N6O4S. The summed E-state index contributed by atoms with van der Waals surface area (Å²) >= 11 is 1.11. The highest BCUT2D eigenvalue weighted by molar-refractivity contribution is 7.99. The van der Waals surface area contributed by atoms with Gasteiger partial charge in [0, 0.05) is 23.2 Å². The standard InChI is InChI=1S/C36H32F2N6O4S/c1-20-8-7-9-24(35-39-26-18-22(37)12-15-28(26)43(35)23-13-14-23)32(20)40-31(45)19-49-36-42-41-34(44(36)27-11-6-5-10-25(27)38)21-16-29(46-2)33(48-4)30(17-21)47-3/h5-12,15-18,23H,13-14,19H2,1-4H3,(H,40,45). The maximum Gasteiger partial charge on any atom is 0.234 e. The third kappa shape index (κ3) is 6.06. The number of thioether (sulfide) groups is 1. The van der Waals surface area contributed by atoms with Crippen molar-refractivity contribution in [3.05, 3.63) is 90.0 Å². The van der Waals surface area contributed by atoms with E-state index in [0.29, 0.717) is 50.8 Å². The molecule has 1 aliphatic carbocycles. The molecular weight excluding hydrogens is 650 g/mol. The lowest BCUT2D eigenvalue weighted by Crippen LogP contribution is -2.16. The van der Waals surface area contributed by atoms with Gasteiger partial charge in [0.1, 0.15) is 17.5 Å². The highest BCUT2D eigenvalue weighted by atomic mass is 32.2. The fourth-order valence-corrected chi connectivity index (χ4v) is 6.65. The van der Waals surface area contributed by atoms with Crippen molar-refractivity contribution in [2.24, 2.45) is 0 Å². The summed E-state index contributed by atoms with van der Waals surface area (Å²) in [5.41, 5.74) is 4.34. The Morgan fingerprint density at radius 1 is 0.918 bits per heavy atom. The Balaban J connectivity index is 1.21. The normalized spacial score (nSPS) is 12.7. The zero-order chi connectivity index (χ0) is 34.2. The molecule has 0 aliphatic heterocycles. The average molecular weight is 683 g/mol. The van der Waals surface area contributed by atoms with Gasteiger partial charge < -0.3 is 24.1 Å². The molecule has 0 saturated heterocycles. The molecule has 1 fully saturated rings. The Bertz CT molecular complexity index is 2190. The summed E-state index contributed by atoms with van der Waals surface area (Å²) in [5, 5.41) is 12.1. The molecule has 13 heteroatoms. The highest BCUT2D eigenvalue weighted by Gasteiger charge is 2.30. The van der Waals surface area contributed by atoms with Crippen LogP contribution in [0.5, 0.6) is 17.2 Å². The lowest BCUT2D eigenvalue weighted by molar-refractivity contribution is -0.113. The summed E-state index contributed by atoms with van der Waals surface area (Å²) in [6, 6.07) is 20.3. The molecule has 1 N–H and O–H groups in total. The number of benzene rings is 4. The molecule has 250 valence electrons. The van der Waals surface area contributed by atoms with Crippen LogP contribution in [0.2, 0.25) is 0 Å². The van der Waals surface area contributed by atoms with Crippen molar-refractivity contribution in [2.45, 2.75) is 31.0 Å². The van der Waals surface area contributed by atoms with E-state index in [-0.39, 0.29) is 29.2 Å². The molecule has 0 unspecified atom stereocenters. The number of amides is 1. The molecule has 0 atom stereocenters. The van der Waals surface area contributed by atoms with E-state index in [9.17, 15) is 9.18 Å². The van der Waals surface area contributed by atoms with Crippen LogP contribution in [0.3, 0.4) is 0 Å². The van der Waals surface area contributed by atoms with Crippen LogP contribution in [0, 0.1) is 18.6 Å². The third-order valence-corrected chi connectivity index (χ3v) is 9.25. The molecule has 49 heavy (non-hydrogen) atoms. The van der Waals surface area contributed by atoms with Crippen molar-refractivity contribution in [3.8, 4) is 45.7 Å².